The number of para-hydroxylation sites is 1. The summed E-state index contributed by atoms with van der Waals surface area (Å²) in [6.45, 7) is 5.45. The molecule has 4 heteroatoms. The van der Waals surface area contributed by atoms with E-state index in [0.717, 1.165) is 30.7 Å². The number of halogens is 1. The number of fused-ring (bicyclic) bond motifs is 1. The van der Waals surface area contributed by atoms with Crippen LogP contribution in [-0.2, 0) is 13.0 Å². The van der Waals surface area contributed by atoms with E-state index < -0.39 is 0 Å². The predicted octanol–water partition coefficient (Wildman–Crippen LogP) is 4.27. The Morgan fingerprint density at radius 1 is 1.42 bits per heavy atom. The van der Waals surface area contributed by atoms with E-state index in [9.17, 15) is 0 Å². The maximum absolute atomic E-state index is 5.91. The van der Waals surface area contributed by atoms with Gasteiger partial charge in [-0.25, -0.2) is 4.98 Å². The monoisotopic (exact) mass is 296 g/mol. The van der Waals surface area contributed by atoms with Gasteiger partial charge in [-0.05, 0) is 31.2 Å². The smallest absolute Gasteiger partial charge is 0.111 e. The molecule has 19 heavy (non-hydrogen) atoms. The molecule has 0 spiro atoms. The Balaban J connectivity index is 2.39. The van der Waals surface area contributed by atoms with E-state index in [1.54, 1.807) is 0 Å². The molecule has 1 aromatic heterocycles. The van der Waals surface area contributed by atoms with Gasteiger partial charge < -0.3 is 4.57 Å². The Labute approximate surface area is 124 Å². The van der Waals surface area contributed by atoms with Crippen molar-refractivity contribution in [3.63, 3.8) is 0 Å². The summed E-state index contributed by atoms with van der Waals surface area (Å²) in [5.41, 5.74) is 3.66. The molecule has 2 nitrogen and oxygen atoms in total. The van der Waals surface area contributed by atoms with Crippen molar-refractivity contribution in [2.45, 2.75) is 38.5 Å². The predicted molar refractivity (Wildman–Crippen MR) is 86.5 cm³/mol. The van der Waals surface area contributed by atoms with Crippen molar-refractivity contribution in [1.29, 1.82) is 0 Å². The lowest BCUT2D eigenvalue weighted by atomic mass is 10.2. The van der Waals surface area contributed by atoms with Crippen molar-refractivity contribution < 1.29 is 0 Å². The van der Waals surface area contributed by atoms with Crippen LogP contribution in [0.3, 0.4) is 0 Å². The lowest BCUT2D eigenvalue weighted by molar-refractivity contribution is 0.627. The van der Waals surface area contributed by atoms with Gasteiger partial charge in [0.05, 0.1) is 11.0 Å². The van der Waals surface area contributed by atoms with Crippen LogP contribution in [0.15, 0.2) is 18.2 Å². The van der Waals surface area contributed by atoms with E-state index >= 15 is 0 Å². The Morgan fingerprint density at radius 3 is 2.89 bits per heavy atom. The fourth-order valence-electron chi connectivity index (χ4n) is 2.36. The first-order chi connectivity index (χ1) is 9.17. The van der Waals surface area contributed by atoms with E-state index in [-0.39, 0.29) is 0 Å². The van der Waals surface area contributed by atoms with E-state index in [1.807, 2.05) is 11.8 Å². The average molecular weight is 297 g/mol. The molecule has 0 radical (unpaired) electrons. The Bertz CT molecular complexity index is 550. The van der Waals surface area contributed by atoms with Crippen LogP contribution in [0.1, 0.15) is 24.7 Å². The Morgan fingerprint density at radius 2 is 2.21 bits per heavy atom. The summed E-state index contributed by atoms with van der Waals surface area (Å²) in [6.07, 6.45) is 4.17. The highest BCUT2D eigenvalue weighted by Gasteiger charge is 2.12. The van der Waals surface area contributed by atoms with Crippen molar-refractivity contribution >= 4 is 34.4 Å². The molecular weight excluding hydrogens is 276 g/mol. The van der Waals surface area contributed by atoms with Gasteiger partial charge in [0.1, 0.15) is 5.82 Å². The summed E-state index contributed by atoms with van der Waals surface area (Å²) in [5.74, 6) is 1.74. The summed E-state index contributed by atoms with van der Waals surface area (Å²) < 4.78 is 2.36. The number of aromatic nitrogens is 2. The number of benzene rings is 1. The highest BCUT2D eigenvalue weighted by atomic mass is 35.5. The Kier molecular flexibility index (Phi) is 5.17. The van der Waals surface area contributed by atoms with E-state index in [0.29, 0.717) is 11.1 Å². The molecule has 0 saturated heterocycles. The van der Waals surface area contributed by atoms with Crippen molar-refractivity contribution in [2.24, 2.45) is 0 Å². The van der Waals surface area contributed by atoms with Gasteiger partial charge >= 0.3 is 0 Å². The fraction of sp³-hybridized carbons (Fsp3) is 0.533. The van der Waals surface area contributed by atoms with E-state index in [1.165, 1.54) is 11.1 Å². The molecule has 0 N–H and O–H groups in total. The van der Waals surface area contributed by atoms with Gasteiger partial charge in [0.2, 0.25) is 0 Å². The summed E-state index contributed by atoms with van der Waals surface area (Å²) in [4.78, 5) is 4.74. The molecule has 0 saturated carbocycles. The summed E-state index contributed by atoms with van der Waals surface area (Å²) in [5, 5.41) is 0.672. The number of rotatable bonds is 6. The van der Waals surface area contributed by atoms with Crippen molar-refractivity contribution in [2.75, 3.05) is 12.1 Å². The van der Waals surface area contributed by atoms with Crippen LogP contribution in [0, 0.1) is 6.92 Å². The highest BCUT2D eigenvalue weighted by molar-refractivity contribution is 7.99. The van der Waals surface area contributed by atoms with E-state index in [2.05, 4.69) is 42.9 Å². The Hall–Kier alpha value is -0.670. The van der Waals surface area contributed by atoms with Gasteiger partial charge in [-0.2, -0.15) is 11.8 Å². The number of aryl methyl sites for hydroxylation is 3. The maximum atomic E-state index is 5.91. The summed E-state index contributed by atoms with van der Waals surface area (Å²) >= 11 is 7.82. The van der Waals surface area contributed by atoms with Gasteiger partial charge in [-0.15, -0.1) is 11.6 Å². The van der Waals surface area contributed by atoms with Gasteiger partial charge in [0.25, 0.3) is 0 Å². The second-order valence-electron chi connectivity index (χ2n) is 4.90. The normalized spacial score (nSPS) is 13.1. The molecule has 2 aromatic rings. The number of alkyl halides is 1. The molecule has 1 heterocycles. The topological polar surface area (TPSA) is 17.8 Å². The molecule has 104 valence electrons. The molecule has 2 rings (SSSR count). The average Bonchev–Trinajstić information content (AvgIpc) is 2.75. The zero-order valence-electron chi connectivity index (χ0n) is 11.8. The number of nitrogens with zero attached hydrogens (tertiary/aromatic N) is 2. The lowest BCUT2D eigenvalue weighted by Crippen LogP contribution is -2.09. The van der Waals surface area contributed by atoms with Crippen LogP contribution in [0.5, 0.6) is 0 Å². The minimum absolute atomic E-state index is 0.625. The zero-order chi connectivity index (χ0) is 13.8. The van der Waals surface area contributed by atoms with Crippen molar-refractivity contribution in [3.8, 4) is 0 Å². The molecule has 1 aromatic carbocycles. The highest BCUT2D eigenvalue weighted by Crippen LogP contribution is 2.22. The molecule has 0 amide bonds. The van der Waals surface area contributed by atoms with Gasteiger partial charge in [-0.1, -0.05) is 19.1 Å². The van der Waals surface area contributed by atoms with Crippen LogP contribution in [-0.4, -0.2) is 26.9 Å². The molecule has 0 aliphatic heterocycles. The van der Waals surface area contributed by atoms with E-state index in [4.69, 9.17) is 16.6 Å². The maximum Gasteiger partial charge on any atom is 0.111 e. The molecule has 0 aliphatic rings. The first-order valence-electron chi connectivity index (χ1n) is 6.71. The first-order valence-corrected chi connectivity index (χ1v) is 8.53. The van der Waals surface area contributed by atoms with Crippen LogP contribution >= 0.6 is 23.4 Å². The second kappa shape index (κ2) is 6.67. The number of imidazole rings is 1. The van der Waals surface area contributed by atoms with Gasteiger partial charge in [-0.3, -0.25) is 0 Å². The SMILES string of the molecule is CSC(C)CCn1c(CCCl)nc2cccc(C)c21. The van der Waals surface area contributed by atoms with Gasteiger partial charge in [0.15, 0.2) is 0 Å². The largest absolute Gasteiger partial charge is 0.328 e. The van der Waals surface area contributed by atoms with Crippen molar-refractivity contribution in [1.82, 2.24) is 9.55 Å². The molecule has 1 unspecified atom stereocenters. The van der Waals surface area contributed by atoms with Crippen LogP contribution in [0.4, 0.5) is 0 Å². The minimum atomic E-state index is 0.625. The fourth-order valence-corrected chi connectivity index (χ4v) is 2.87. The zero-order valence-corrected chi connectivity index (χ0v) is 13.4. The third-order valence-corrected chi connectivity index (χ3v) is 4.76. The molecule has 0 aliphatic carbocycles. The number of hydrogen-bond donors (Lipinski definition) is 0. The van der Waals surface area contributed by atoms with Gasteiger partial charge in [0, 0.05) is 24.1 Å². The number of hydrogen-bond acceptors (Lipinski definition) is 2. The molecule has 0 fully saturated rings. The second-order valence-corrected chi connectivity index (χ2v) is 6.55. The quantitative estimate of drug-likeness (QED) is 0.741. The van der Waals surface area contributed by atoms with Crippen LogP contribution in [0.2, 0.25) is 0 Å². The molecular formula is C15H21ClN2S. The summed E-state index contributed by atoms with van der Waals surface area (Å²) in [6, 6.07) is 6.32. The van der Waals surface area contributed by atoms with Crippen LogP contribution < -0.4 is 0 Å². The third kappa shape index (κ3) is 3.26. The standard InChI is InChI=1S/C15H21ClN2S/c1-11-5-4-6-13-15(11)18(10-8-12(2)19-3)14(17-13)7-9-16/h4-6,12H,7-10H2,1-3H3. The van der Waals surface area contributed by atoms with Crippen molar-refractivity contribution in [3.05, 3.63) is 29.6 Å². The molecule has 1 atom stereocenters. The molecule has 0 bridgehead atoms. The number of thioether (sulfide) groups is 1. The first kappa shape index (κ1) is 14.7. The summed E-state index contributed by atoms with van der Waals surface area (Å²) in [7, 11) is 0. The lowest BCUT2D eigenvalue weighted by Gasteiger charge is -2.13. The van der Waals surface area contributed by atoms with Crippen LogP contribution in [0.25, 0.3) is 11.0 Å². The third-order valence-electron chi connectivity index (χ3n) is 3.53. The minimum Gasteiger partial charge on any atom is -0.328 e.